The summed E-state index contributed by atoms with van der Waals surface area (Å²) in [5.74, 6) is 0. The Morgan fingerprint density at radius 3 is 1.00 bits per heavy atom. The normalized spacial score (nSPS) is 13.4. The zero-order valence-corrected chi connectivity index (χ0v) is 21.9. The molecule has 2 aromatic rings. The number of benzene rings is 2. The Hall–Kier alpha value is -1.76. The molecule has 1 nitrogen and oxygen atoms in total. The van der Waals surface area contributed by atoms with Gasteiger partial charge in [-0.15, -0.1) is 0 Å². The van der Waals surface area contributed by atoms with Crippen molar-refractivity contribution in [2.75, 3.05) is 5.32 Å². The van der Waals surface area contributed by atoms with E-state index in [1.165, 1.54) is 36.8 Å². The molecular weight excluding hydrogens is 374 g/mol. The smallest absolute Gasteiger partial charge is 0.0384 e. The van der Waals surface area contributed by atoms with Crippen molar-refractivity contribution in [3.05, 3.63) is 59.7 Å². The largest absolute Gasteiger partial charge is 0.356 e. The van der Waals surface area contributed by atoms with Gasteiger partial charge in [-0.2, -0.15) is 0 Å². The third-order valence-corrected chi connectivity index (χ3v) is 6.62. The lowest BCUT2D eigenvalue weighted by atomic mass is 9.76. The molecule has 1 N–H and O–H groups in total. The lowest BCUT2D eigenvalue weighted by molar-refractivity contribution is 0.315. The number of hydrogen-bond acceptors (Lipinski definition) is 1. The van der Waals surface area contributed by atoms with Gasteiger partial charge in [-0.3, -0.25) is 0 Å². The van der Waals surface area contributed by atoms with Gasteiger partial charge in [0.25, 0.3) is 0 Å². The van der Waals surface area contributed by atoms with E-state index in [0.29, 0.717) is 10.8 Å². The van der Waals surface area contributed by atoms with Gasteiger partial charge < -0.3 is 5.32 Å². The molecule has 2 rings (SSSR count). The molecule has 0 bridgehead atoms. The summed E-state index contributed by atoms with van der Waals surface area (Å²) in [7, 11) is 0. The van der Waals surface area contributed by atoms with Crippen LogP contribution in [0.3, 0.4) is 0 Å². The molecule has 31 heavy (non-hydrogen) atoms. The fraction of sp³-hybridized carbons (Fsp3) is 0.600. The summed E-state index contributed by atoms with van der Waals surface area (Å²) in [6.45, 7) is 23.4. The second-order valence-electron chi connectivity index (χ2n) is 13.2. The molecule has 0 amide bonds. The van der Waals surface area contributed by atoms with Crippen molar-refractivity contribution in [3.63, 3.8) is 0 Å². The molecule has 0 saturated heterocycles. The molecule has 0 aliphatic heterocycles. The van der Waals surface area contributed by atoms with Gasteiger partial charge in [-0.1, -0.05) is 93.5 Å². The van der Waals surface area contributed by atoms with Gasteiger partial charge in [0.1, 0.15) is 0 Å². The van der Waals surface area contributed by atoms with Crippen LogP contribution in [0, 0.1) is 10.8 Å². The van der Waals surface area contributed by atoms with Crippen LogP contribution in [0.4, 0.5) is 11.4 Å². The zero-order chi connectivity index (χ0) is 23.5. The monoisotopic (exact) mass is 421 g/mol. The van der Waals surface area contributed by atoms with Gasteiger partial charge in [-0.05, 0) is 82.7 Å². The highest BCUT2D eigenvalue weighted by atomic mass is 14.9. The molecule has 172 valence electrons. The Kier molecular flexibility index (Phi) is 7.72. The summed E-state index contributed by atoms with van der Waals surface area (Å²) in [6.07, 6.45) is 4.88. The van der Waals surface area contributed by atoms with Gasteiger partial charge in [-0.25, -0.2) is 0 Å². The Labute approximate surface area is 193 Å². The Bertz CT molecular complexity index is 737. The van der Waals surface area contributed by atoms with E-state index in [0.717, 1.165) is 11.4 Å². The van der Waals surface area contributed by atoms with Crippen LogP contribution in [-0.2, 0) is 10.8 Å². The lowest BCUT2D eigenvalue weighted by Crippen LogP contribution is -2.20. The first-order valence-electron chi connectivity index (χ1n) is 12.1. The fourth-order valence-electron chi connectivity index (χ4n) is 3.84. The van der Waals surface area contributed by atoms with Crippen molar-refractivity contribution in [3.8, 4) is 0 Å². The average molecular weight is 422 g/mol. The minimum atomic E-state index is 0.200. The molecule has 0 aliphatic carbocycles. The minimum absolute atomic E-state index is 0.200. The van der Waals surface area contributed by atoms with E-state index >= 15 is 0 Å². The molecule has 0 radical (unpaired) electrons. The topological polar surface area (TPSA) is 12.0 Å². The third-order valence-electron chi connectivity index (χ3n) is 6.62. The Morgan fingerprint density at radius 1 is 0.452 bits per heavy atom. The Balaban J connectivity index is 2.02. The first-order chi connectivity index (χ1) is 14.1. The van der Waals surface area contributed by atoms with Crippen molar-refractivity contribution < 1.29 is 0 Å². The maximum atomic E-state index is 3.57. The number of hydrogen-bond donors (Lipinski definition) is 1. The van der Waals surface area contributed by atoms with Crippen molar-refractivity contribution in [2.24, 2.45) is 10.8 Å². The quantitative estimate of drug-likeness (QED) is 0.447. The SMILES string of the molecule is CC(C)(C)CCC(C)(C)c1ccc(Nc2ccc(C(C)(C)CCC(C)(C)C)cc2)cc1. The fourth-order valence-corrected chi connectivity index (χ4v) is 3.84. The number of rotatable bonds is 8. The second kappa shape index (κ2) is 9.39. The van der Waals surface area contributed by atoms with E-state index in [1.807, 2.05) is 0 Å². The van der Waals surface area contributed by atoms with Crippen LogP contribution in [0.25, 0.3) is 0 Å². The number of anilines is 2. The summed E-state index contributed by atoms with van der Waals surface area (Å²) >= 11 is 0. The molecule has 0 aliphatic rings. The summed E-state index contributed by atoms with van der Waals surface area (Å²) in [4.78, 5) is 0. The molecule has 0 atom stereocenters. The molecule has 0 heterocycles. The third kappa shape index (κ3) is 8.36. The maximum Gasteiger partial charge on any atom is 0.0384 e. The summed E-state index contributed by atoms with van der Waals surface area (Å²) in [5, 5.41) is 3.57. The summed E-state index contributed by atoms with van der Waals surface area (Å²) < 4.78 is 0. The van der Waals surface area contributed by atoms with E-state index in [1.54, 1.807) is 0 Å². The molecule has 1 heteroatoms. The van der Waals surface area contributed by atoms with Crippen molar-refractivity contribution in [2.45, 2.75) is 106 Å². The second-order valence-corrected chi connectivity index (χ2v) is 13.2. The summed E-state index contributed by atoms with van der Waals surface area (Å²) in [5.41, 5.74) is 6.29. The van der Waals surface area contributed by atoms with Gasteiger partial charge in [0.2, 0.25) is 0 Å². The standard InChI is InChI=1S/C30H47N/c1-27(2,3)19-21-29(7,8)23-11-15-25(16-12-23)31-26-17-13-24(14-18-26)30(9,10)22-20-28(4,5)6/h11-18,31H,19-22H2,1-10H3. The van der Waals surface area contributed by atoms with Crippen LogP contribution < -0.4 is 5.32 Å². The predicted octanol–water partition coefficient (Wildman–Crippen LogP) is 9.64. The van der Waals surface area contributed by atoms with Gasteiger partial charge in [0, 0.05) is 11.4 Å². The highest BCUT2D eigenvalue weighted by Crippen LogP contribution is 2.36. The van der Waals surface area contributed by atoms with Gasteiger partial charge >= 0.3 is 0 Å². The van der Waals surface area contributed by atoms with E-state index in [2.05, 4.69) is 123 Å². The van der Waals surface area contributed by atoms with E-state index in [-0.39, 0.29) is 10.8 Å². The van der Waals surface area contributed by atoms with Crippen molar-refractivity contribution in [1.29, 1.82) is 0 Å². The van der Waals surface area contributed by atoms with Crippen LogP contribution in [0.15, 0.2) is 48.5 Å². The first-order valence-corrected chi connectivity index (χ1v) is 12.1. The zero-order valence-electron chi connectivity index (χ0n) is 21.9. The van der Waals surface area contributed by atoms with E-state index in [9.17, 15) is 0 Å². The van der Waals surface area contributed by atoms with Crippen molar-refractivity contribution >= 4 is 11.4 Å². The average Bonchev–Trinajstić information content (AvgIpc) is 2.65. The molecule has 0 spiro atoms. The predicted molar refractivity (Wildman–Crippen MR) is 140 cm³/mol. The maximum absolute atomic E-state index is 3.57. The van der Waals surface area contributed by atoms with Gasteiger partial charge in [0.05, 0.1) is 0 Å². The van der Waals surface area contributed by atoms with Gasteiger partial charge in [0.15, 0.2) is 0 Å². The Morgan fingerprint density at radius 2 is 0.742 bits per heavy atom. The van der Waals surface area contributed by atoms with E-state index < -0.39 is 0 Å². The van der Waals surface area contributed by atoms with Crippen LogP contribution in [0.2, 0.25) is 0 Å². The first kappa shape index (κ1) is 25.5. The van der Waals surface area contributed by atoms with Crippen LogP contribution in [-0.4, -0.2) is 0 Å². The lowest BCUT2D eigenvalue weighted by Gasteiger charge is -2.30. The van der Waals surface area contributed by atoms with E-state index in [4.69, 9.17) is 0 Å². The number of nitrogens with one attached hydrogen (secondary N) is 1. The molecular formula is C30H47N. The minimum Gasteiger partial charge on any atom is -0.356 e. The van der Waals surface area contributed by atoms with Crippen LogP contribution in [0.5, 0.6) is 0 Å². The van der Waals surface area contributed by atoms with Crippen LogP contribution in [0.1, 0.15) is 106 Å². The molecule has 0 aromatic heterocycles. The molecule has 0 saturated carbocycles. The highest BCUT2D eigenvalue weighted by Gasteiger charge is 2.24. The summed E-state index contributed by atoms with van der Waals surface area (Å²) in [6, 6.07) is 18.0. The molecule has 0 unspecified atom stereocenters. The molecule has 0 fully saturated rings. The molecule has 2 aromatic carbocycles. The highest BCUT2D eigenvalue weighted by molar-refractivity contribution is 5.60. The van der Waals surface area contributed by atoms with Crippen molar-refractivity contribution in [1.82, 2.24) is 0 Å². The van der Waals surface area contributed by atoms with Crippen LogP contribution >= 0.6 is 0 Å².